The molecule has 0 heterocycles. The lowest BCUT2D eigenvalue weighted by atomic mass is 10.3. The molecule has 12 heteroatoms. The van der Waals surface area contributed by atoms with E-state index in [1.165, 1.54) is 55.5 Å². The smallest absolute Gasteiger partial charge is 0.347 e. The zero-order valence-electron chi connectivity index (χ0n) is 16.3. The molecule has 0 aliphatic carbocycles. The van der Waals surface area contributed by atoms with Crippen LogP contribution < -0.4 is 9.47 Å². The number of ether oxygens (including phenoxy) is 4. The number of carbonyl (C=O) groups excluding carboxylic acids is 2. The third-order valence-corrected chi connectivity index (χ3v) is 3.69. The van der Waals surface area contributed by atoms with E-state index in [0.717, 1.165) is 0 Å². The monoisotopic (exact) mass is 434 g/mol. The molecule has 0 saturated carbocycles. The lowest BCUT2D eigenvalue weighted by Crippen LogP contribution is -2.28. The fourth-order valence-corrected chi connectivity index (χ4v) is 2.16. The molecule has 0 fully saturated rings. The van der Waals surface area contributed by atoms with E-state index in [4.69, 9.17) is 18.9 Å². The Kier molecular flexibility index (Phi) is 8.25. The number of esters is 2. The summed E-state index contributed by atoms with van der Waals surface area (Å²) in [6.07, 6.45) is -0.984. The molecule has 1 atom stereocenters. The summed E-state index contributed by atoms with van der Waals surface area (Å²) in [6.45, 7) is 0.591. The van der Waals surface area contributed by atoms with Gasteiger partial charge in [-0.15, -0.1) is 0 Å². The second-order valence-electron chi connectivity index (χ2n) is 5.94. The van der Waals surface area contributed by atoms with Gasteiger partial charge >= 0.3 is 11.9 Å². The maximum absolute atomic E-state index is 11.9. The third-order valence-electron chi connectivity index (χ3n) is 3.69. The molecule has 0 spiro atoms. The van der Waals surface area contributed by atoms with Crippen LogP contribution in [0.2, 0.25) is 0 Å². The molecule has 12 nitrogen and oxygen atoms in total. The van der Waals surface area contributed by atoms with Crippen LogP contribution in [0.4, 0.5) is 11.4 Å². The average Bonchev–Trinajstić information content (AvgIpc) is 2.75. The van der Waals surface area contributed by atoms with E-state index in [-0.39, 0.29) is 36.1 Å². The molecule has 0 aliphatic rings. The van der Waals surface area contributed by atoms with E-state index in [1.54, 1.807) is 0 Å². The maximum Gasteiger partial charge on any atom is 0.347 e. The topological polar surface area (TPSA) is 157 Å². The lowest BCUT2D eigenvalue weighted by molar-refractivity contribution is -0.385. The van der Waals surface area contributed by atoms with Gasteiger partial charge in [0.2, 0.25) is 0 Å². The molecule has 2 aromatic rings. The van der Waals surface area contributed by atoms with Crippen LogP contribution in [0.1, 0.15) is 6.92 Å². The van der Waals surface area contributed by atoms with Gasteiger partial charge in [-0.3, -0.25) is 20.2 Å². The summed E-state index contributed by atoms with van der Waals surface area (Å²) in [4.78, 5) is 43.6. The van der Waals surface area contributed by atoms with Crippen molar-refractivity contribution in [2.24, 2.45) is 0 Å². The maximum atomic E-state index is 11.9. The quantitative estimate of drug-likeness (QED) is 0.222. The fraction of sp³-hybridized carbons (Fsp3) is 0.263. The van der Waals surface area contributed by atoms with Crippen LogP contribution in [0.5, 0.6) is 11.5 Å². The SMILES string of the molecule is CC(Oc1ccc([N+](=O)[O-])cc1)C(=O)OCCOC(=O)COc1ccc([N+](=O)[O-])cc1. The normalized spacial score (nSPS) is 11.1. The number of hydrogen-bond donors (Lipinski definition) is 0. The summed E-state index contributed by atoms with van der Waals surface area (Å²) in [5, 5.41) is 21.2. The second-order valence-corrected chi connectivity index (χ2v) is 5.94. The molecule has 164 valence electrons. The number of nitro groups is 2. The molecule has 2 rings (SSSR count). The zero-order chi connectivity index (χ0) is 22.8. The highest BCUT2D eigenvalue weighted by Gasteiger charge is 2.17. The minimum Gasteiger partial charge on any atom is -0.482 e. The lowest BCUT2D eigenvalue weighted by Gasteiger charge is -2.14. The van der Waals surface area contributed by atoms with Gasteiger partial charge < -0.3 is 18.9 Å². The fourth-order valence-electron chi connectivity index (χ4n) is 2.16. The molecule has 2 aromatic carbocycles. The van der Waals surface area contributed by atoms with E-state index in [2.05, 4.69) is 0 Å². The largest absolute Gasteiger partial charge is 0.482 e. The van der Waals surface area contributed by atoms with Crippen molar-refractivity contribution in [3.8, 4) is 11.5 Å². The van der Waals surface area contributed by atoms with Crippen molar-refractivity contribution in [1.29, 1.82) is 0 Å². The highest BCUT2D eigenvalue weighted by atomic mass is 16.6. The van der Waals surface area contributed by atoms with Crippen LogP contribution in [0.3, 0.4) is 0 Å². The van der Waals surface area contributed by atoms with Crippen LogP contribution in [0.15, 0.2) is 48.5 Å². The molecule has 0 amide bonds. The first kappa shape index (κ1) is 23.1. The van der Waals surface area contributed by atoms with E-state index in [0.29, 0.717) is 0 Å². The summed E-state index contributed by atoms with van der Waals surface area (Å²) in [6, 6.07) is 10.4. The molecule has 1 unspecified atom stereocenters. The van der Waals surface area contributed by atoms with Gasteiger partial charge in [0.1, 0.15) is 24.7 Å². The molecule has 31 heavy (non-hydrogen) atoms. The molecule has 0 bridgehead atoms. The molecule has 0 N–H and O–H groups in total. The summed E-state index contributed by atoms with van der Waals surface area (Å²) in [5.74, 6) is -0.919. The van der Waals surface area contributed by atoms with Gasteiger partial charge in [0.05, 0.1) is 9.85 Å². The predicted octanol–water partition coefficient (Wildman–Crippen LogP) is 2.44. The summed E-state index contributed by atoms with van der Waals surface area (Å²) in [5.41, 5.74) is -0.217. The minimum absolute atomic E-state index is 0.108. The Morgan fingerprint density at radius 2 is 1.32 bits per heavy atom. The van der Waals surface area contributed by atoms with E-state index >= 15 is 0 Å². The van der Waals surface area contributed by atoms with Gasteiger partial charge in [0.25, 0.3) is 11.4 Å². The van der Waals surface area contributed by atoms with E-state index < -0.39 is 34.5 Å². The zero-order valence-corrected chi connectivity index (χ0v) is 16.3. The summed E-state index contributed by atoms with van der Waals surface area (Å²) >= 11 is 0. The molecule has 0 aliphatic heterocycles. The van der Waals surface area contributed by atoms with Crippen LogP contribution in [-0.4, -0.2) is 47.7 Å². The van der Waals surface area contributed by atoms with Gasteiger partial charge in [-0.05, 0) is 31.2 Å². The number of non-ortho nitro benzene ring substituents is 2. The molecular formula is C19H18N2O10. The molecule has 0 radical (unpaired) electrons. The van der Waals surface area contributed by atoms with E-state index in [1.807, 2.05) is 0 Å². The Labute approximate surface area is 175 Å². The Hall–Kier alpha value is -4.22. The number of nitrogens with zero attached hydrogens (tertiary/aromatic N) is 2. The number of benzene rings is 2. The van der Waals surface area contributed by atoms with Crippen molar-refractivity contribution in [3.63, 3.8) is 0 Å². The average molecular weight is 434 g/mol. The Morgan fingerprint density at radius 3 is 1.84 bits per heavy atom. The second kappa shape index (κ2) is 11.1. The van der Waals surface area contributed by atoms with E-state index in [9.17, 15) is 29.8 Å². The van der Waals surface area contributed by atoms with Gasteiger partial charge in [-0.1, -0.05) is 0 Å². The van der Waals surface area contributed by atoms with Crippen molar-refractivity contribution in [3.05, 3.63) is 68.8 Å². The van der Waals surface area contributed by atoms with Gasteiger partial charge in [-0.2, -0.15) is 0 Å². The highest BCUT2D eigenvalue weighted by molar-refractivity contribution is 5.74. The minimum atomic E-state index is -0.984. The van der Waals surface area contributed by atoms with Gasteiger partial charge in [0, 0.05) is 24.3 Å². The van der Waals surface area contributed by atoms with Crippen LogP contribution in [0.25, 0.3) is 0 Å². The highest BCUT2D eigenvalue weighted by Crippen LogP contribution is 2.19. The Balaban J connectivity index is 1.64. The first-order valence-corrected chi connectivity index (χ1v) is 8.87. The van der Waals surface area contributed by atoms with Gasteiger partial charge in [-0.25, -0.2) is 9.59 Å². The number of hydrogen-bond acceptors (Lipinski definition) is 10. The Bertz CT molecular complexity index is 928. The first-order valence-electron chi connectivity index (χ1n) is 8.87. The van der Waals surface area contributed by atoms with Crippen molar-refractivity contribution >= 4 is 23.3 Å². The van der Waals surface area contributed by atoms with Gasteiger partial charge in [0.15, 0.2) is 12.7 Å². The summed E-state index contributed by atoms with van der Waals surface area (Å²) in [7, 11) is 0. The van der Waals surface area contributed by atoms with Crippen LogP contribution >= 0.6 is 0 Å². The van der Waals surface area contributed by atoms with Crippen molar-refractivity contribution in [2.75, 3.05) is 19.8 Å². The van der Waals surface area contributed by atoms with Crippen molar-refractivity contribution in [1.82, 2.24) is 0 Å². The number of nitro benzene ring substituents is 2. The molecule has 0 saturated heterocycles. The van der Waals surface area contributed by atoms with Crippen LogP contribution in [-0.2, 0) is 19.1 Å². The first-order chi connectivity index (χ1) is 14.8. The molecular weight excluding hydrogens is 416 g/mol. The summed E-state index contributed by atoms with van der Waals surface area (Å²) < 4.78 is 20.3. The number of rotatable bonds is 11. The van der Waals surface area contributed by atoms with Crippen molar-refractivity contribution < 1.29 is 38.4 Å². The van der Waals surface area contributed by atoms with Crippen LogP contribution in [0, 0.1) is 20.2 Å². The third kappa shape index (κ3) is 7.61. The standard InChI is InChI=1S/C19H18N2O10/c1-13(31-17-8-4-15(5-9-17)21(26)27)19(23)29-11-10-28-18(22)12-30-16-6-2-14(3-7-16)20(24)25/h2-9,13H,10-12H2,1H3. The van der Waals surface area contributed by atoms with Crippen molar-refractivity contribution in [2.45, 2.75) is 13.0 Å². The predicted molar refractivity (Wildman–Crippen MR) is 104 cm³/mol. The Morgan fingerprint density at radius 1 is 0.839 bits per heavy atom. The number of carbonyl (C=O) groups is 2. The molecule has 0 aromatic heterocycles.